The predicted octanol–water partition coefficient (Wildman–Crippen LogP) is 3.23. The third kappa shape index (κ3) is 4.09. The fourth-order valence-electron chi connectivity index (χ4n) is 3.17. The van der Waals surface area contributed by atoms with E-state index in [9.17, 15) is 9.59 Å². The zero-order chi connectivity index (χ0) is 18.5. The van der Waals surface area contributed by atoms with E-state index in [0.29, 0.717) is 30.8 Å². The fourth-order valence-corrected chi connectivity index (χ4v) is 3.17. The lowest BCUT2D eigenvalue weighted by Crippen LogP contribution is -2.43. The summed E-state index contributed by atoms with van der Waals surface area (Å²) >= 11 is 0. The van der Waals surface area contributed by atoms with E-state index in [-0.39, 0.29) is 36.3 Å². The molecule has 3 rings (SSSR count). The number of rotatable bonds is 5. The van der Waals surface area contributed by atoms with Gasteiger partial charge in [-0.05, 0) is 44.0 Å². The standard InChI is InChI=1S/C19H22O7/c1-3-23-19(21)26-14-8-9-15-16(10-14)24-11-17(18(15)20)25-13-6-4-12(22-2)5-7-13/h4-7,11,14-16H,3,8-10H2,1-2H3. The van der Waals surface area contributed by atoms with Crippen LogP contribution in [0.25, 0.3) is 0 Å². The summed E-state index contributed by atoms with van der Waals surface area (Å²) in [5, 5.41) is 0. The van der Waals surface area contributed by atoms with Crippen LogP contribution < -0.4 is 9.47 Å². The summed E-state index contributed by atoms with van der Waals surface area (Å²) in [5.74, 6) is 1.03. The van der Waals surface area contributed by atoms with Crippen LogP contribution in [0.3, 0.4) is 0 Å². The van der Waals surface area contributed by atoms with Gasteiger partial charge in [0, 0.05) is 6.42 Å². The van der Waals surface area contributed by atoms with Crippen LogP contribution in [0.1, 0.15) is 26.2 Å². The van der Waals surface area contributed by atoms with Gasteiger partial charge < -0.3 is 23.7 Å². The van der Waals surface area contributed by atoms with Crippen LogP contribution in [-0.2, 0) is 19.0 Å². The Morgan fingerprint density at radius 2 is 1.92 bits per heavy atom. The van der Waals surface area contributed by atoms with Crippen LogP contribution in [-0.4, -0.2) is 37.9 Å². The Morgan fingerprint density at radius 1 is 1.19 bits per heavy atom. The maximum absolute atomic E-state index is 12.7. The number of methoxy groups -OCH3 is 1. The van der Waals surface area contributed by atoms with Crippen LogP contribution in [0.5, 0.6) is 11.5 Å². The topological polar surface area (TPSA) is 80.3 Å². The molecular weight excluding hydrogens is 340 g/mol. The lowest BCUT2D eigenvalue weighted by Gasteiger charge is -2.36. The normalized spacial score (nSPS) is 24.6. The number of benzene rings is 1. The summed E-state index contributed by atoms with van der Waals surface area (Å²) in [7, 11) is 1.58. The number of ketones is 1. The third-order valence-corrected chi connectivity index (χ3v) is 4.49. The minimum atomic E-state index is -0.683. The first-order valence-electron chi connectivity index (χ1n) is 8.66. The number of hydrogen-bond acceptors (Lipinski definition) is 7. The van der Waals surface area contributed by atoms with Gasteiger partial charge in [0.05, 0.1) is 19.6 Å². The van der Waals surface area contributed by atoms with Gasteiger partial charge in [0.2, 0.25) is 11.5 Å². The first-order chi connectivity index (χ1) is 12.6. The number of carbonyl (C=O) groups is 2. The second-order valence-corrected chi connectivity index (χ2v) is 6.14. The van der Waals surface area contributed by atoms with Gasteiger partial charge in [-0.1, -0.05) is 0 Å². The van der Waals surface area contributed by atoms with E-state index in [2.05, 4.69) is 0 Å². The van der Waals surface area contributed by atoms with Gasteiger partial charge in [-0.3, -0.25) is 4.79 Å². The van der Waals surface area contributed by atoms with E-state index in [1.807, 2.05) is 0 Å². The average Bonchev–Trinajstić information content (AvgIpc) is 2.65. The summed E-state index contributed by atoms with van der Waals surface area (Å²) in [6.07, 6.45) is 1.65. The summed E-state index contributed by atoms with van der Waals surface area (Å²) in [4.78, 5) is 24.1. The SMILES string of the molecule is CCOC(=O)OC1CCC2C(=O)C(Oc3ccc(OC)cc3)=COC2C1. The smallest absolute Gasteiger partial charge is 0.497 e. The molecule has 0 radical (unpaired) electrons. The van der Waals surface area contributed by atoms with E-state index in [1.165, 1.54) is 6.26 Å². The molecule has 1 saturated carbocycles. The molecule has 7 heteroatoms. The molecule has 0 spiro atoms. The maximum Gasteiger partial charge on any atom is 0.508 e. The summed E-state index contributed by atoms with van der Waals surface area (Å²) < 4.78 is 26.5. The Bertz CT molecular complexity index is 680. The van der Waals surface area contributed by atoms with E-state index < -0.39 is 6.16 Å². The van der Waals surface area contributed by atoms with E-state index in [1.54, 1.807) is 38.3 Å². The Labute approximate surface area is 151 Å². The average molecular weight is 362 g/mol. The van der Waals surface area contributed by atoms with Crippen molar-refractivity contribution < 1.29 is 33.3 Å². The number of fused-ring (bicyclic) bond motifs is 1. The number of Topliss-reactive ketones (excluding diaryl/α,β-unsaturated/α-hetero) is 1. The summed E-state index contributed by atoms with van der Waals surface area (Å²) in [6, 6.07) is 6.96. The van der Waals surface area contributed by atoms with Gasteiger partial charge in [0.25, 0.3) is 0 Å². The van der Waals surface area contributed by atoms with Gasteiger partial charge in [-0.15, -0.1) is 0 Å². The minimum absolute atomic E-state index is 0.0911. The zero-order valence-electron chi connectivity index (χ0n) is 14.8. The van der Waals surface area contributed by atoms with E-state index in [4.69, 9.17) is 23.7 Å². The summed E-state index contributed by atoms with van der Waals surface area (Å²) in [5.41, 5.74) is 0. The third-order valence-electron chi connectivity index (χ3n) is 4.49. The highest BCUT2D eigenvalue weighted by Gasteiger charge is 2.42. The maximum atomic E-state index is 12.7. The Kier molecular flexibility index (Phi) is 5.65. The molecule has 1 aromatic carbocycles. The quantitative estimate of drug-likeness (QED) is 0.744. The van der Waals surface area contributed by atoms with Crippen molar-refractivity contribution in [1.82, 2.24) is 0 Å². The molecular formula is C19H22O7. The highest BCUT2D eigenvalue weighted by Crippen LogP contribution is 2.35. The number of hydrogen-bond donors (Lipinski definition) is 0. The largest absolute Gasteiger partial charge is 0.508 e. The molecule has 26 heavy (non-hydrogen) atoms. The zero-order valence-corrected chi connectivity index (χ0v) is 14.8. The van der Waals surface area contributed by atoms with Gasteiger partial charge >= 0.3 is 6.16 Å². The molecule has 3 atom stereocenters. The van der Waals surface area contributed by atoms with Crippen molar-refractivity contribution in [3.8, 4) is 11.5 Å². The van der Waals surface area contributed by atoms with Crippen molar-refractivity contribution in [1.29, 1.82) is 0 Å². The molecule has 2 aliphatic rings. The number of ether oxygens (including phenoxy) is 5. The van der Waals surface area contributed by atoms with Crippen LogP contribution in [0.2, 0.25) is 0 Å². The molecule has 0 amide bonds. The molecule has 0 N–H and O–H groups in total. The monoisotopic (exact) mass is 362 g/mol. The van der Waals surface area contributed by atoms with Gasteiger partial charge in [0.15, 0.2) is 0 Å². The van der Waals surface area contributed by atoms with Crippen LogP contribution in [0.4, 0.5) is 4.79 Å². The minimum Gasteiger partial charge on any atom is -0.497 e. The highest BCUT2D eigenvalue weighted by atomic mass is 16.7. The lowest BCUT2D eigenvalue weighted by molar-refractivity contribution is -0.132. The first-order valence-corrected chi connectivity index (χ1v) is 8.66. The predicted molar refractivity (Wildman–Crippen MR) is 90.8 cm³/mol. The number of allylic oxidation sites excluding steroid dienone is 1. The number of carbonyl (C=O) groups excluding carboxylic acids is 2. The van der Waals surface area contributed by atoms with Crippen molar-refractivity contribution in [2.75, 3.05) is 13.7 Å². The lowest BCUT2D eigenvalue weighted by atomic mass is 9.80. The van der Waals surface area contributed by atoms with E-state index in [0.717, 1.165) is 0 Å². The van der Waals surface area contributed by atoms with Gasteiger partial charge in [-0.2, -0.15) is 0 Å². The van der Waals surface area contributed by atoms with Crippen molar-refractivity contribution in [2.45, 2.75) is 38.4 Å². The van der Waals surface area contributed by atoms with Gasteiger partial charge in [0.1, 0.15) is 30.0 Å². The van der Waals surface area contributed by atoms with Crippen molar-refractivity contribution >= 4 is 11.9 Å². The second-order valence-electron chi connectivity index (χ2n) is 6.14. The molecule has 1 aromatic rings. The Balaban J connectivity index is 1.60. The molecule has 3 unspecified atom stereocenters. The molecule has 0 bridgehead atoms. The van der Waals surface area contributed by atoms with Crippen LogP contribution in [0, 0.1) is 5.92 Å². The van der Waals surface area contributed by atoms with E-state index >= 15 is 0 Å². The molecule has 0 saturated heterocycles. The second kappa shape index (κ2) is 8.12. The molecule has 1 aliphatic heterocycles. The first kappa shape index (κ1) is 18.1. The molecule has 1 aliphatic carbocycles. The molecule has 1 heterocycles. The van der Waals surface area contributed by atoms with Crippen molar-refractivity contribution in [3.05, 3.63) is 36.3 Å². The Morgan fingerprint density at radius 3 is 2.62 bits per heavy atom. The van der Waals surface area contributed by atoms with Crippen LogP contribution >= 0.6 is 0 Å². The highest BCUT2D eigenvalue weighted by molar-refractivity contribution is 5.96. The molecule has 1 fully saturated rings. The molecule has 7 nitrogen and oxygen atoms in total. The van der Waals surface area contributed by atoms with Crippen molar-refractivity contribution in [3.63, 3.8) is 0 Å². The Hall–Kier alpha value is -2.70. The molecule has 0 aromatic heterocycles. The fraction of sp³-hybridized carbons (Fsp3) is 0.474. The van der Waals surface area contributed by atoms with Gasteiger partial charge in [-0.25, -0.2) is 4.79 Å². The summed E-state index contributed by atoms with van der Waals surface area (Å²) in [6.45, 7) is 1.98. The molecule has 140 valence electrons. The van der Waals surface area contributed by atoms with Crippen LogP contribution in [0.15, 0.2) is 36.3 Å². The van der Waals surface area contributed by atoms with Crippen molar-refractivity contribution in [2.24, 2.45) is 5.92 Å².